The fourth-order valence-corrected chi connectivity index (χ4v) is 1.94. The van der Waals surface area contributed by atoms with Gasteiger partial charge in [-0.3, -0.25) is 9.59 Å². The highest BCUT2D eigenvalue weighted by Gasteiger charge is 2.44. The third-order valence-corrected chi connectivity index (χ3v) is 2.99. The molecule has 1 saturated heterocycles. The Morgan fingerprint density at radius 1 is 1.41 bits per heavy atom. The van der Waals surface area contributed by atoms with Crippen molar-refractivity contribution in [3.8, 4) is 0 Å². The van der Waals surface area contributed by atoms with E-state index < -0.39 is 5.54 Å². The lowest BCUT2D eigenvalue weighted by atomic mass is 9.97. The molecular formula is C9H14N6O2. The van der Waals surface area contributed by atoms with Crippen LogP contribution in [0.1, 0.15) is 24.5 Å². The molecule has 1 fully saturated rings. The van der Waals surface area contributed by atoms with Gasteiger partial charge in [0.2, 0.25) is 5.91 Å². The number of aromatic nitrogens is 4. The van der Waals surface area contributed by atoms with Crippen molar-refractivity contribution in [1.82, 2.24) is 30.4 Å². The summed E-state index contributed by atoms with van der Waals surface area (Å²) in [5, 5.41) is 12.8. The van der Waals surface area contributed by atoms with Gasteiger partial charge in [0.05, 0.1) is 0 Å². The number of rotatable bonds is 1. The molecule has 1 N–H and O–H groups in total. The van der Waals surface area contributed by atoms with Crippen molar-refractivity contribution in [2.24, 2.45) is 0 Å². The standard InChI is InChI=1S/C9H14N6O2/c1-9(2)8(17)14(3)4-5-15(9)7(16)6-10-12-13-11-6/h4-5H2,1-3H3,(H,10,11,12,13). The fourth-order valence-electron chi connectivity index (χ4n) is 1.94. The van der Waals surface area contributed by atoms with Gasteiger partial charge in [-0.25, -0.2) is 0 Å². The third kappa shape index (κ3) is 1.75. The molecule has 1 aliphatic rings. The second-order valence-electron chi connectivity index (χ2n) is 4.48. The molecule has 1 aliphatic heterocycles. The molecule has 0 unspecified atom stereocenters. The molecule has 1 aromatic rings. The van der Waals surface area contributed by atoms with Crippen LogP contribution in [0.25, 0.3) is 0 Å². The number of hydrogen-bond donors (Lipinski definition) is 1. The summed E-state index contributed by atoms with van der Waals surface area (Å²) in [6.45, 7) is 4.39. The molecule has 2 amide bonds. The van der Waals surface area contributed by atoms with Crippen molar-refractivity contribution in [3.05, 3.63) is 5.82 Å². The molecule has 92 valence electrons. The van der Waals surface area contributed by atoms with Crippen LogP contribution in [0.3, 0.4) is 0 Å². The van der Waals surface area contributed by atoms with E-state index in [2.05, 4.69) is 20.6 Å². The largest absolute Gasteiger partial charge is 0.342 e. The number of hydrogen-bond acceptors (Lipinski definition) is 5. The van der Waals surface area contributed by atoms with Gasteiger partial charge in [-0.1, -0.05) is 0 Å². The van der Waals surface area contributed by atoms with Crippen molar-refractivity contribution in [2.75, 3.05) is 20.1 Å². The quantitative estimate of drug-likeness (QED) is 0.669. The van der Waals surface area contributed by atoms with E-state index in [9.17, 15) is 9.59 Å². The van der Waals surface area contributed by atoms with Crippen LogP contribution in [0.15, 0.2) is 0 Å². The molecule has 8 nitrogen and oxygen atoms in total. The first-order valence-electron chi connectivity index (χ1n) is 5.25. The molecule has 0 atom stereocenters. The highest BCUT2D eigenvalue weighted by atomic mass is 16.2. The van der Waals surface area contributed by atoms with Gasteiger partial charge < -0.3 is 9.80 Å². The highest BCUT2D eigenvalue weighted by molar-refractivity contribution is 5.97. The fraction of sp³-hybridized carbons (Fsp3) is 0.667. The Labute approximate surface area is 98.0 Å². The van der Waals surface area contributed by atoms with Gasteiger partial charge in [-0.15, -0.1) is 10.2 Å². The summed E-state index contributed by atoms with van der Waals surface area (Å²) < 4.78 is 0. The molecule has 0 saturated carbocycles. The number of likely N-dealkylation sites (N-methyl/N-ethyl adjacent to an activating group) is 1. The van der Waals surface area contributed by atoms with Crippen molar-refractivity contribution in [1.29, 1.82) is 0 Å². The number of amides is 2. The Bertz CT molecular complexity index is 440. The van der Waals surface area contributed by atoms with Gasteiger partial charge in [0.25, 0.3) is 11.7 Å². The molecule has 1 aromatic heterocycles. The molecule has 0 aliphatic carbocycles. The summed E-state index contributed by atoms with van der Waals surface area (Å²) in [6, 6.07) is 0. The first kappa shape index (κ1) is 11.5. The monoisotopic (exact) mass is 238 g/mol. The lowest BCUT2D eigenvalue weighted by Gasteiger charge is -2.44. The van der Waals surface area contributed by atoms with Crippen LogP contribution in [0, 0.1) is 0 Å². The molecule has 17 heavy (non-hydrogen) atoms. The molecular weight excluding hydrogens is 224 g/mol. The second-order valence-corrected chi connectivity index (χ2v) is 4.48. The lowest BCUT2D eigenvalue weighted by molar-refractivity contribution is -0.144. The summed E-state index contributed by atoms with van der Waals surface area (Å²) in [7, 11) is 1.72. The van der Waals surface area contributed by atoms with E-state index in [4.69, 9.17) is 0 Å². The van der Waals surface area contributed by atoms with Crippen molar-refractivity contribution in [2.45, 2.75) is 19.4 Å². The SMILES string of the molecule is CN1CCN(C(=O)c2nn[nH]n2)C(C)(C)C1=O. The van der Waals surface area contributed by atoms with Crippen molar-refractivity contribution in [3.63, 3.8) is 0 Å². The zero-order valence-corrected chi connectivity index (χ0v) is 9.97. The Morgan fingerprint density at radius 2 is 2.12 bits per heavy atom. The van der Waals surface area contributed by atoms with E-state index >= 15 is 0 Å². The summed E-state index contributed by atoms with van der Waals surface area (Å²) in [6.07, 6.45) is 0. The Kier molecular flexibility index (Phi) is 2.56. The van der Waals surface area contributed by atoms with Gasteiger partial charge in [0, 0.05) is 20.1 Å². The van der Waals surface area contributed by atoms with E-state index in [1.54, 1.807) is 25.8 Å². The zero-order chi connectivity index (χ0) is 12.6. The summed E-state index contributed by atoms with van der Waals surface area (Å²) in [4.78, 5) is 27.2. The maximum absolute atomic E-state index is 12.1. The van der Waals surface area contributed by atoms with Gasteiger partial charge in [-0.05, 0) is 19.1 Å². The minimum atomic E-state index is -0.884. The van der Waals surface area contributed by atoms with E-state index in [1.165, 1.54) is 4.90 Å². The molecule has 0 aromatic carbocycles. The number of carbonyl (C=O) groups excluding carboxylic acids is 2. The topological polar surface area (TPSA) is 95.1 Å². The summed E-state index contributed by atoms with van der Waals surface area (Å²) in [5.74, 6) is -0.499. The zero-order valence-electron chi connectivity index (χ0n) is 9.97. The van der Waals surface area contributed by atoms with Crippen LogP contribution < -0.4 is 0 Å². The maximum atomic E-state index is 12.1. The minimum absolute atomic E-state index is 0.0181. The number of carbonyl (C=O) groups is 2. The number of H-pyrrole nitrogens is 1. The van der Waals surface area contributed by atoms with Crippen LogP contribution in [0.2, 0.25) is 0 Å². The van der Waals surface area contributed by atoms with E-state index in [0.717, 1.165) is 0 Å². The van der Waals surface area contributed by atoms with Gasteiger partial charge in [-0.2, -0.15) is 5.21 Å². The maximum Gasteiger partial charge on any atom is 0.296 e. The normalized spacial score (nSPS) is 19.6. The summed E-state index contributed by atoms with van der Waals surface area (Å²) >= 11 is 0. The van der Waals surface area contributed by atoms with Crippen LogP contribution >= 0.6 is 0 Å². The van der Waals surface area contributed by atoms with Crippen LogP contribution in [0.4, 0.5) is 0 Å². The Balaban J connectivity index is 2.27. The molecule has 0 radical (unpaired) electrons. The van der Waals surface area contributed by atoms with Crippen LogP contribution in [0.5, 0.6) is 0 Å². The number of tetrazole rings is 1. The van der Waals surface area contributed by atoms with Crippen molar-refractivity contribution < 1.29 is 9.59 Å². The van der Waals surface area contributed by atoms with Gasteiger partial charge >= 0.3 is 0 Å². The Morgan fingerprint density at radius 3 is 2.71 bits per heavy atom. The van der Waals surface area contributed by atoms with E-state index in [0.29, 0.717) is 13.1 Å². The molecule has 0 bridgehead atoms. The lowest BCUT2D eigenvalue weighted by Crippen LogP contribution is -2.63. The van der Waals surface area contributed by atoms with Gasteiger partial charge in [0.15, 0.2) is 0 Å². The molecule has 2 heterocycles. The second kappa shape index (κ2) is 3.79. The predicted octanol–water partition coefficient (Wildman–Crippen LogP) is -1.11. The average molecular weight is 238 g/mol. The smallest absolute Gasteiger partial charge is 0.296 e. The Hall–Kier alpha value is -1.99. The van der Waals surface area contributed by atoms with Crippen molar-refractivity contribution >= 4 is 11.8 Å². The average Bonchev–Trinajstić information content (AvgIpc) is 2.79. The first-order chi connectivity index (χ1) is 7.94. The van der Waals surface area contributed by atoms with Crippen LogP contribution in [-0.4, -0.2) is 67.9 Å². The van der Waals surface area contributed by atoms with Gasteiger partial charge in [0.1, 0.15) is 5.54 Å². The predicted molar refractivity (Wildman–Crippen MR) is 56.9 cm³/mol. The van der Waals surface area contributed by atoms with E-state index in [1.807, 2.05) is 0 Å². The number of nitrogens with zero attached hydrogens (tertiary/aromatic N) is 5. The number of nitrogens with one attached hydrogen (secondary N) is 1. The van der Waals surface area contributed by atoms with E-state index in [-0.39, 0.29) is 17.6 Å². The third-order valence-electron chi connectivity index (χ3n) is 2.99. The number of aromatic amines is 1. The summed E-state index contributed by atoms with van der Waals surface area (Å²) in [5.41, 5.74) is -0.884. The molecule has 2 rings (SSSR count). The highest BCUT2D eigenvalue weighted by Crippen LogP contribution is 2.22. The molecule has 0 spiro atoms. The van der Waals surface area contributed by atoms with Crippen LogP contribution in [-0.2, 0) is 4.79 Å². The number of piperazine rings is 1. The molecule has 8 heteroatoms. The minimum Gasteiger partial charge on any atom is -0.342 e. The first-order valence-corrected chi connectivity index (χ1v) is 5.25.